The van der Waals surface area contributed by atoms with Crippen LogP contribution in [0.25, 0.3) is 0 Å². The van der Waals surface area contributed by atoms with Crippen LogP contribution >= 0.6 is 11.3 Å². The van der Waals surface area contributed by atoms with Gasteiger partial charge in [0, 0.05) is 11.9 Å². The maximum Gasteiger partial charge on any atom is 0.205 e. The van der Waals surface area contributed by atoms with Gasteiger partial charge in [-0.2, -0.15) is 0 Å². The summed E-state index contributed by atoms with van der Waals surface area (Å²) in [5, 5.41) is 10.4. The Morgan fingerprint density at radius 1 is 1.31 bits per heavy atom. The molecule has 0 saturated heterocycles. The van der Waals surface area contributed by atoms with Gasteiger partial charge in [0.2, 0.25) is 5.96 Å². The number of anilines is 1. The van der Waals surface area contributed by atoms with Gasteiger partial charge in [-0.1, -0.05) is 0 Å². The van der Waals surface area contributed by atoms with Gasteiger partial charge in [0.15, 0.2) is 5.96 Å². The molecule has 1 unspecified atom stereocenters. The Hall–Kier alpha value is -1.56. The molecule has 0 spiro atoms. The Kier molecular flexibility index (Phi) is 3.09. The number of hydrogen-bond donors (Lipinski definition) is 3. The Labute approximate surface area is 98.7 Å². The zero-order valence-electron chi connectivity index (χ0n) is 9.53. The molecule has 86 valence electrons. The quantitative estimate of drug-likeness (QED) is 0.691. The van der Waals surface area contributed by atoms with E-state index in [-0.39, 0.29) is 6.17 Å². The van der Waals surface area contributed by atoms with Crippen LogP contribution in [0.15, 0.2) is 22.1 Å². The molecule has 0 bridgehead atoms. The monoisotopic (exact) mass is 237 g/mol. The molecule has 0 amide bonds. The summed E-state index contributed by atoms with van der Waals surface area (Å²) in [6, 6.07) is 4.12. The van der Waals surface area contributed by atoms with Crippen LogP contribution in [0.3, 0.4) is 0 Å². The van der Waals surface area contributed by atoms with Crippen molar-refractivity contribution in [2.24, 2.45) is 9.98 Å². The number of thiophene rings is 1. The smallest absolute Gasteiger partial charge is 0.205 e. The number of guanidine groups is 2. The molecule has 2 rings (SSSR count). The lowest BCUT2D eigenvalue weighted by Crippen LogP contribution is -2.46. The molecule has 1 aromatic rings. The largest absolute Gasteiger partial charge is 0.359 e. The molecule has 16 heavy (non-hydrogen) atoms. The first-order valence-electron chi connectivity index (χ1n) is 5.11. The van der Waals surface area contributed by atoms with E-state index >= 15 is 0 Å². The van der Waals surface area contributed by atoms with E-state index in [9.17, 15) is 0 Å². The number of nitrogens with one attached hydrogen (secondary N) is 3. The average Bonchev–Trinajstić information content (AvgIpc) is 2.63. The summed E-state index contributed by atoms with van der Waals surface area (Å²) in [5.74, 6) is 1.46. The lowest BCUT2D eigenvalue weighted by atomic mass is 10.5. The Balaban J connectivity index is 2.06. The third-order valence-electron chi connectivity index (χ3n) is 2.09. The fourth-order valence-corrected chi connectivity index (χ4v) is 2.15. The maximum absolute atomic E-state index is 4.36. The van der Waals surface area contributed by atoms with Gasteiger partial charge < -0.3 is 10.6 Å². The van der Waals surface area contributed by atoms with Crippen molar-refractivity contribution in [3.05, 3.63) is 17.0 Å². The third-order valence-corrected chi connectivity index (χ3v) is 3.00. The zero-order valence-corrected chi connectivity index (χ0v) is 10.4. The number of hydrogen-bond acceptors (Lipinski definition) is 6. The second-order valence-corrected chi connectivity index (χ2v) is 4.79. The second kappa shape index (κ2) is 4.52. The molecule has 1 atom stereocenters. The summed E-state index contributed by atoms with van der Waals surface area (Å²) in [4.78, 5) is 9.90. The summed E-state index contributed by atoms with van der Waals surface area (Å²) in [6.07, 6.45) is -0.0627. The van der Waals surface area contributed by atoms with Crippen molar-refractivity contribution in [3.63, 3.8) is 0 Å². The van der Waals surface area contributed by atoms with Gasteiger partial charge in [0.1, 0.15) is 6.17 Å². The van der Waals surface area contributed by atoms with E-state index in [4.69, 9.17) is 0 Å². The van der Waals surface area contributed by atoms with E-state index in [0.717, 1.165) is 16.9 Å². The van der Waals surface area contributed by atoms with E-state index in [1.54, 1.807) is 11.3 Å². The predicted octanol–water partition coefficient (Wildman–Crippen LogP) is 1.35. The fraction of sp³-hybridized carbons (Fsp3) is 0.400. The minimum absolute atomic E-state index is 0.0627. The first kappa shape index (κ1) is 10.9. The minimum Gasteiger partial charge on any atom is -0.359 e. The van der Waals surface area contributed by atoms with E-state index in [2.05, 4.69) is 38.9 Å². The van der Waals surface area contributed by atoms with Crippen molar-refractivity contribution in [2.45, 2.75) is 20.0 Å². The Morgan fingerprint density at radius 2 is 2.06 bits per heavy atom. The van der Waals surface area contributed by atoms with Crippen LogP contribution in [-0.4, -0.2) is 25.1 Å². The van der Waals surface area contributed by atoms with Gasteiger partial charge in [-0.25, -0.2) is 9.98 Å². The Bertz CT molecular complexity index is 434. The molecule has 0 saturated carbocycles. The van der Waals surface area contributed by atoms with Crippen molar-refractivity contribution in [2.75, 3.05) is 12.4 Å². The molecule has 5 nitrogen and oxygen atoms in total. The molecule has 3 N–H and O–H groups in total. The zero-order chi connectivity index (χ0) is 11.5. The van der Waals surface area contributed by atoms with Gasteiger partial charge in [0.05, 0.1) is 5.00 Å². The van der Waals surface area contributed by atoms with Gasteiger partial charge in [-0.3, -0.25) is 5.32 Å². The highest BCUT2D eigenvalue weighted by Crippen LogP contribution is 2.20. The van der Waals surface area contributed by atoms with E-state index < -0.39 is 0 Å². The number of nitrogens with zero attached hydrogens (tertiary/aromatic N) is 2. The second-order valence-electron chi connectivity index (χ2n) is 3.50. The minimum atomic E-state index is -0.0627. The predicted molar refractivity (Wildman–Crippen MR) is 69.2 cm³/mol. The van der Waals surface area contributed by atoms with Gasteiger partial charge in [0.25, 0.3) is 0 Å². The summed E-state index contributed by atoms with van der Waals surface area (Å²) in [7, 11) is 1.83. The van der Waals surface area contributed by atoms with Crippen LogP contribution in [-0.2, 0) is 0 Å². The first-order chi connectivity index (χ1) is 7.67. The topological polar surface area (TPSA) is 60.8 Å². The molecule has 6 heteroatoms. The normalized spacial score (nSPS) is 19.6. The maximum atomic E-state index is 4.36. The molecular weight excluding hydrogens is 222 g/mol. The molecule has 1 aromatic heterocycles. The standard InChI is InChI=1S/C10H15N5S/c1-6-4-5-8(16-6)14-10-13-7(2)12-9(11-3)15-10/h4-5,7H,1-3H3,(H3,11,12,13,14,15). The average molecular weight is 237 g/mol. The lowest BCUT2D eigenvalue weighted by Gasteiger charge is -2.19. The van der Waals surface area contributed by atoms with Crippen LogP contribution in [0.4, 0.5) is 5.00 Å². The molecule has 0 fully saturated rings. The highest BCUT2D eigenvalue weighted by molar-refractivity contribution is 7.16. The number of rotatable bonds is 1. The van der Waals surface area contributed by atoms with Crippen molar-refractivity contribution in [1.82, 2.24) is 10.6 Å². The summed E-state index contributed by atoms with van der Waals surface area (Å²) >= 11 is 1.70. The fourth-order valence-electron chi connectivity index (χ4n) is 1.39. The van der Waals surface area contributed by atoms with Gasteiger partial charge in [-0.05, 0) is 26.0 Å². The molecule has 0 aliphatic carbocycles. The Morgan fingerprint density at radius 3 is 2.69 bits per heavy atom. The highest BCUT2D eigenvalue weighted by atomic mass is 32.1. The first-order valence-corrected chi connectivity index (χ1v) is 5.93. The van der Waals surface area contributed by atoms with Gasteiger partial charge >= 0.3 is 0 Å². The van der Waals surface area contributed by atoms with Crippen LogP contribution in [0.1, 0.15) is 11.8 Å². The number of aryl methyl sites for hydroxylation is 1. The van der Waals surface area contributed by atoms with Crippen molar-refractivity contribution in [1.29, 1.82) is 0 Å². The summed E-state index contributed by atoms with van der Waals surface area (Å²) in [6.45, 7) is 4.02. The lowest BCUT2D eigenvalue weighted by molar-refractivity contribution is 0.756. The van der Waals surface area contributed by atoms with Crippen molar-refractivity contribution in [3.8, 4) is 0 Å². The van der Waals surface area contributed by atoms with Crippen LogP contribution in [0.5, 0.6) is 0 Å². The van der Waals surface area contributed by atoms with Crippen LogP contribution in [0, 0.1) is 6.92 Å². The van der Waals surface area contributed by atoms with Crippen molar-refractivity contribution < 1.29 is 0 Å². The van der Waals surface area contributed by atoms with E-state index in [1.165, 1.54) is 4.88 Å². The van der Waals surface area contributed by atoms with Gasteiger partial charge in [-0.15, -0.1) is 11.3 Å². The third kappa shape index (κ3) is 2.52. The molecule has 0 aromatic carbocycles. The van der Waals surface area contributed by atoms with Crippen molar-refractivity contribution >= 4 is 28.3 Å². The SMILES string of the molecule is CNC1=NC(C)N=C(Nc2ccc(C)s2)N1. The van der Waals surface area contributed by atoms with E-state index in [1.807, 2.05) is 20.0 Å². The van der Waals surface area contributed by atoms with Crippen LogP contribution in [0.2, 0.25) is 0 Å². The number of aliphatic imine (C=N–C) groups is 2. The van der Waals surface area contributed by atoms with Crippen LogP contribution < -0.4 is 16.0 Å². The molecular formula is C10H15N5S. The summed E-state index contributed by atoms with van der Waals surface area (Å²) < 4.78 is 0. The molecule has 0 radical (unpaired) electrons. The van der Waals surface area contributed by atoms with E-state index in [0.29, 0.717) is 0 Å². The molecule has 1 aliphatic heterocycles. The highest BCUT2D eigenvalue weighted by Gasteiger charge is 2.12. The molecule has 2 heterocycles. The molecule has 1 aliphatic rings. The summed E-state index contributed by atoms with van der Waals surface area (Å²) in [5.41, 5.74) is 0.